The van der Waals surface area contributed by atoms with Gasteiger partial charge in [0.25, 0.3) is 0 Å². The Kier molecular flexibility index (Phi) is 4.65. The van der Waals surface area contributed by atoms with Crippen LogP contribution in [0.4, 0.5) is 0 Å². The van der Waals surface area contributed by atoms with E-state index in [0.29, 0.717) is 11.4 Å². The topological polar surface area (TPSA) is 47.8 Å². The average Bonchev–Trinajstić information content (AvgIpc) is 2.63. The van der Waals surface area contributed by atoms with Crippen LogP contribution in [0, 0.1) is 0 Å². The third-order valence-corrected chi connectivity index (χ3v) is 2.65. The minimum Gasteiger partial charge on any atom is -0.291 e. The van der Waals surface area contributed by atoms with E-state index >= 15 is 0 Å². The lowest BCUT2D eigenvalue weighted by Crippen LogP contribution is -2.12. The maximum absolute atomic E-state index is 11.6. The molecule has 0 unspecified atom stereocenters. The van der Waals surface area contributed by atoms with Gasteiger partial charge < -0.3 is 0 Å². The van der Waals surface area contributed by atoms with E-state index in [1.807, 2.05) is 6.92 Å². The van der Waals surface area contributed by atoms with Gasteiger partial charge in [-0.25, -0.2) is 4.68 Å². The number of aryl methyl sites for hydroxylation is 1. The normalized spacial score (nSPS) is 10.4. The molecule has 1 heterocycles. The summed E-state index contributed by atoms with van der Waals surface area (Å²) in [6.07, 6.45) is 2.51. The number of rotatable bonds is 6. The van der Waals surface area contributed by atoms with E-state index in [0.717, 1.165) is 18.7 Å². The van der Waals surface area contributed by atoms with E-state index in [9.17, 15) is 4.79 Å². The van der Waals surface area contributed by atoms with Crippen LogP contribution < -0.4 is 0 Å². The minimum atomic E-state index is 0.121. The quantitative estimate of drug-likeness (QED) is 0.674. The third kappa shape index (κ3) is 2.83. The monoisotopic (exact) mass is 213 g/mol. The van der Waals surface area contributed by atoms with E-state index in [1.54, 1.807) is 22.6 Å². The third-order valence-electron chi connectivity index (χ3n) is 1.78. The number of Topliss-reactive ketones (excluding diaryl/α,β-unsaturated/α-hetero) is 1. The van der Waals surface area contributed by atoms with Crippen LogP contribution >= 0.6 is 11.8 Å². The van der Waals surface area contributed by atoms with Crippen LogP contribution in [0.3, 0.4) is 0 Å². The van der Waals surface area contributed by atoms with Crippen LogP contribution in [0.15, 0.2) is 6.20 Å². The van der Waals surface area contributed by atoms with Gasteiger partial charge in [-0.2, -0.15) is 11.8 Å². The van der Waals surface area contributed by atoms with Gasteiger partial charge in [0.2, 0.25) is 0 Å². The van der Waals surface area contributed by atoms with Crippen molar-refractivity contribution >= 4 is 17.5 Å². The highest BCUT2D eigenvalue weighted by Crippen LogP contribution is 2.06. The van der Waals surface area contributed by atoms with Crippen LogP contribution in [-0.4, -0.2) is 32.3 Å². The molecule has 1 aromatic rings. The molecular weight excluding hydrogens is 198 g/mol. The Balaban J connectivity index is 2.63. The smallest absolute Gasteiger partial charge is 0.192 e. The Labute approximate surface area is 88.1 Å². The van der Waals surface area contributed by atoms with E-state index in [2.05, 4.69) is 17.2 Å². The van der Waals surface area contributed by atoms with Crippen LogP contribution in [-0.2, 0) is 6.54 Å². The van der Waals surface area contributed by atoms with Gasteiger partial charge in [-0.3, -0.25) is 4.79 Å². The molecule has 0 N–H and O–H groups in total. The van der Waals surface area contributed by atoms with E-state index in [1.165, 1.54) is 0 Å². The summed E-state index contributed by atoms with van der Waals surface area (Å²) in [4.78, 5) is 11.6. The molecule has 1 aromatic heterocycles. The number of carbonyl (C=O) groups is 1. The van der Waals surface area contributed by atoms with Gasteiger partial charge in [0, 0.05) is 6.54 Å². The minimum absolute atomic E-state index is 0.121. The molecule has 14 heavy (non-hydrogen) atoms. The molecule has 5 heteroatoms. The van der Waals surface area contributed by atoms with Crippen molar-refractivity contribution in [2.45, 2.75) is 26.8 Å². The Morgan fingerprint density at radius 3 is 3.00 bits per heavy atom. The molecule has 1 rings (SSSR count). The summed E-state index contributed by atoms with van der Waals surface area (Å²) in [6, 6.07) is 0. The molecule has 0 spiro atoms. The molecule has 0 bridgehead atoms. The fourth-order valence-corrected chi connectivity index (χ4v) is 1.66. The van der Waals surface area contributed by atoms with Gasteiger partial charge >= 0.3 is 0 Å². The molecule has 0 aliphatic rings. The summed E-state index contributed by atoms with van der Waals surface area (Å²) in [6.45, 7) is 4.86. The number of hydrogen-bond donors (Lipinski definition) is 0. The average molecular weight is 213 g/mol. The second-order valence-electron chi connectivity index (χ2n) is 2.90. The highest BCUT2D eigenvalue weighted by Gasteiger charge is 2.11. The van der Waals surface area contributed by atoms with Crippen molar-refractivity contribution in [1.82, 2.24) is 15.0 Å². The standard InChI is InChI=1S/C9H15N3OS/c1-3-5-12-8(6-10-11-12)9(13)7-14-4-2/h6H,3-5,7H2,1-2H3. The fraction of sp³-hybridized carbons (Fsp3) is 0.667. The molecule has 4 nitrogen and oxygen atoms in total. The first-order valence-electron chi connectivity index (χ1n) is 4.79. The van der Waals surface area contributed by atoms with Gasteiger partial charge in [0.15, 0.2) is 5.78 Å². The zero-order valence-electron chi connectivity index (χ0n) is 8.56. The number of carbonyl (C=O) groups excluding carboxylic acids is 1. The maximum atomic E-state index is 11.6. The molecule has 0 amide bonds. The molecule has 0 radical (unpaired) electrons. The maximum Gasteiger partial charge on any atom is 0.192 e. The van der Waals surface area contributed by atoms with Gasteiger partial charge in [-0.15, -0.1) is 5.10 Å². The van der Waals surface area contributed by atoms with Crippen LogP contribution in [0.2, 0.25) is 0 Å². The zero-order chi connectivity index (χ0) is 10.4. The Morgan fingerprint density at radius 2 is 2.36 bits per heavy atom. The predicted octanol–water partition coefficient (Wildman–Crippen LogP) is 1.62. The molecule has 0 aliphatic heterocycles. The first-order valence-corrected chi connectivity index (χ1v) is 5.94. The zero-order valence-corrected chi connectivity index (χ0v) is 9.38. The van der Waals surface area contributed by atoms with Crippen molar-refractivity contribution < 1.29 is 4.79 Å². The van der Waals surface area contributed by atoms with E-state index < -0.39 is 0 Å². The summed E-state index contributed by atoms with van der Waals surface area (Å²) in [5.41, 5.74) is 0.632. The first kappa shape index (κ1) is 11.2. The Morgan fingerprint density at radius 1 is 1.57 bits per heavy atom. The second kappa shape index (κ2) is 5.80. The Bertz CT molecular complexity index is 298. The Hall–Kier alpha value is -0.840. The molecule has 0 aromatic carbocycles. The van der Waals surface area contributed by atoms with Crippen molar-refractivity contribution in [1.29, 1.82) is 0 Å². The van der Waals surface area contributed by atoms with Crippen molar-refractivity contribution in [3.63, 3.8) is 0 Å². The molecule has 0 aliphatic carbocycles. The number of thioether (sulfide) groups is 1. The van der Waals surface area contributed by atoms with E-state index in [4.69, 9.17) is 0 Å². The number of nitrogens with zero attached hydrogens (tertiary/aromatic N) is 3. The highest BCUT2D eigenvalue weighted by molar-refractivity contribution is 7.99. The SMILES string of the molecule is CCCn1nncc1C(=O)CSCC. The molecule has 0 fully saturated rings. The lowest BCUT2D eigenvalue weighted by Gasteiger charge is -2.02. The molecule has 78 valence electrons. The van der Waals surface area contributed by atoms with Crippen molar-refractivity contribution in [2.24, 2.45) is 0 Å². The van der Waals surface area contributed by atoms with Crippen molar-refractivity contribution in [3.8, 4) is 0 Å². The van der Waals surface area contributed by atoms with Crippen LogP contribution in [0.5, 0.6) is 0 Å². The molecule has 0 atom stereocenters. The highest BCUT2D eigenvalue weighted by atomic mass is 32.2. The number of aromatic nitrogens is 3. The molecular formula is C9H15N3OS. The number of hydrogen-bond acceptors (Lipinski definition) is 4. The van der Waals surface area contributed by atoms with Crippen LogP contribution in [0.1, 0.15) is 30.8 Å². The van der Waals surface area contributed by atoms with Crippen molar-refractivity contribution in [3.05, 3.63) is 11.9 Å². The lowest BCUT2D eigenvalue weighted by atomic mass is 10.3. The van der Waals surface area contributed by atoms with Gasteiger partial charge in [0.05, 0.1) is 11.9 Å². The van der Waals surface area contributed by atoms with Gasteiger partial charge in [-0.1, -0.05) is 19.1 Å². The van der Waals surface area contributed by atoms with Gasteiger partial charge in [-0.05, 0) is 12.2 Å². The summed E-state index contributed by atoms with van der Waals surface area (Å²) < 4.78 is 1.68. The van der Waals surface area contributed by atoms with Crippen molar-refractivity contribution in [2.75, 3.05) is 11.5 Å². The second-order valence-corrected chi connectivity index (χ2v) is 4.18. The summed E-state index contributed by atoms with van der Waals surface area (Å²) >= 11 is 1.62. The van der Waals surface area contributed by atoms with Crippen LogP contribution in [0.25, 0.3) is 0 Å². The number of ketones is 1. The summed E-state index contributed by atoms with van der Waals surface area (Å²) in [7, 11) is 0. The largest absolute Gasteiger partial charge is 0.291 e. The molecule has 0 saturated carbocycles. The lowest BCUT2D eigenvalue weighted by molar-refractivity contribution is 0.101. The molecule has 0 saturated heterocycles. The van der Waals surface area contributed by atoms with E-state index in [-0.39, 0.29) is 5.78 Å². The first-order chi connectivity index (χ1) is 6.79. The van der Waals surface area contributed by atoms with Gasteiger partial charge in [0.1, 0.15) is 5.69 Å². The summed E-state index contributed by atoms with van der Waals surface area (Å²) in [5, 5.41) is 7.62. The predicted molar refractivity (Wildman–Crippen MR) is 57.6 cm³/mol. The summed E-state index contributed by atoms with van der Waals surface area (Å²) in [5.74, 6) is 1.60. The fourth-order valence-electron chi connectivity index (χ4n) is 1.12.